The van der Waals surface area contributed by atoms with Gasteiger partial charge < -0.3 is 48.6 Å². The summed E-state index contributed by atoms with van der Waals surface area (Å²) in [6, 6.07) is 0. The number of piperazine rings is 1. The molecule has 236 valence electrons. The SMILES string of the molecule is COCCN(CCOC)c1nc(N2CCC(OC)CC2)c2nc(N(CCOC)CCOC)nc(N3CCNCC3)c2n1. The summed E-state index contributed by atoms with van der Waals surface area (Å²) in [5.41, 5.74) is 1.51. The fraction of sp³-hybridized carbons (Fsp3) is 0.786. The zero-order valence-corrected chi connectivity index (χ0v) is 26.0. The number of rotatable bonds is 17. The molecule has 0 radical (unpaired) electrons. The van der Waals surface area contributed by atoms with E-state index in [9.17, 15) is 0 Å². The van der Waals surface area contributed by atoms with Gasteiger partial charge in [-0.2, -0.15) is 9.97 Å². The number of anilines is 4. The summed E-state index contributed by atoms with van der Waals surface area (Å²) in [6.45, 7) is 9.80. The van der Waals surface area contributed by atoms with E-state index >= 15 is 0 Å². The van der Waals surface area contributed by atoms with Crippen molar-refractivity contribution in [3.63, 3.8) is 0 Å². The van der Waals surface area contributed by atoms with Crippen LogP contribution in [0.5, 0.6) is 0 Å². The topological polar surface area (TPSA) is 123 Å². The molecular weight excluding hydrogens is 542 g/mol. The lowest BCUT2D eigenvalue weighted by atomic mass is 10.1. The number of aromatic nitrogens is 4. The summed E-state index contributed by atoms with van der Waals surface area (Å²) in [4.78, 5) is 29.6. The normalized spacial score (nSPS) is 16.4. The first kappa shape index (κ1) is 32.3. The van der Waals surface area contributed by atoms with E-state index in [2.05, 4.69) is 24.9 Å². The highest BCUT2D eigenvalue weighted by Gasteiger charge is 2.28. The van der Waals surface area contributed by atoms with E-state index in [0.717, 1.165) is 74.8 Å². The van der Waals surface area contributed by atoms with Crippen molar-refractivity contribution >= 4 is 34.6 Å². The third kappa shape index (κ3) is 8.26. The summed E-state index contributed by atoms with van der Waals surface area (Å²) >= 11 is 0. The van der Waals surface area contributed by atoms with E-state index in [1.165, 1.54) is 0 Å². The minimum Gasteiger partial charge on any atom is -0.383 e. The second-order valence-electron chi connectivity index (χ2n) is 10.5. The molecule has 0 amide bonds. The molecule has 14 nitrogen and oxygen atoms in total. The van der Waals surface area contributed by atoms with Crippen LogP contribution in [0.2, 0.25) is 0 Å². The first-order valence-corrected chi connectivity index (χ1v) is 14.9. The minimum absolute atomic E-state index is 0.244. The highest BCUT2D eigenvalue weighted by molar-refractivity contribution is 5.95. The summed E-state index contributed by atoms with van der Waals surface area (Å²) in [7, 11) is 8.61. The Morgan fingerprint density at radius 3 is 1.40 bits per heavy atom. The van der Waals surface area contributed by atoms with Crippen molar-refractivity contribution in [3.05, 3.63) is 0 Å². The lowest BCUT2D eigenvalue weighted by Crippen LogP contribution is -2.44. The van der Waals surface area contributed by atoms with Gasteiger partial charge in [-0.15, -0.1) is 0 Å². The molecule has 1 N–H and O–H groups in total. The smallest absolute Gasteiger partial charge is 0.228 e. The van der Waals surface area contributed by atoms with Crippen LogP contribution in [0.25, 0.3) is 11.0 Å². The number of ether oxygens (including phenoxy) is 5. The average Bonchev–Trinajstić information content (AvgIpc) is 3.04. The van der Waals surface area contributed by atoms with Gasteiger partial charge in [0.25, 0.3) is 0 Å². The zero-order valence-electron chi connectivity index (χ0n) is 26.0. The van der Waals surface area contributed by atoms with E-state index in [1.807, 2.05) is 0 Å². The van der Waals surface area contributed by atoms with E-state index in [1.54, 1.807) is 35.5 Å². The molecule has 0 unspecified atom stereocenters. The second-order valence-corrected chi connectivity index (χ2v) is 10.5. The van der Waals surface area contributed by atoms with Crippen LogP contribution >= 0.6 is 0 Å². The van der Waals surface area contributed by atoms with Gasteiger partial charge in [0, 0.05) is 101 Å². The Hall–Kier alpha value is -2.62. The number of hydrogen-bond donors (Lipinski definition) is 1. The van der Waals surface area contributed by atoms with Gasteiger partial charge in [0.2, 0.25) is 11.9 Å². The van der Waals surface area contributed by atoms with Crippen LogP contribution in [0, 0.1) is 0 Å². The van der Waals surface area contributed by atoms with Gasteiger partial charge in [0.05, 0.1) is 32.5 Å². The van der Waals surface area contributed by atoms with Crippen LogP contribution in [0.15, 0.2) is 0 Å². The van der Waals surface area contributed by atoms with Crippen molar-refractivity contribution in [1.82, 2.24) is 25.3 Å². The molecule has 2 fully saturated rings. The number of hydrogen-bond acceptors (Lipinski definition) is 14. The molecular formula is C28H49N9O5. The Bertz CT molecular complexity index is 1070. The van der Waals surface area contributed by atoms with Gasteiger partial charge in [0.1, 0.15) is 11.0 Å². The maximum absolute atomic E-state index is 5.67. The summed E-state index contributed by atoms with van der Waals surface area (Å²) in [5.74, 6) is 2.91. The van der Waals surface area contributed by atoms with Crippen LogP contribution in [-0.4, -0.2) is 153 Å². The molecule has 0 aromatic carbocycles. The molecule has 42 heavy (non-hydrogen) atoms. The standard InChI is InChI=1S/C28H49N9O5/c1-38-18-14-36(15-19-39-2)27-31-24-23(25(32-27)34-10-6-22(42-5)7-11-34)30-28(37(16-20-40-3)17-21-41-4)33-26(24)35-12-8-29-9-13-35/h22,29H,6-21H2,1-5H3. The first-order chi connectivity index (χ1) is 20.6. The zero-order chi connectivity index (χ0) is 29.7. The molecule has 4 heterocycles. The quantitative estimate of drug-likeness (QED) is 0.277. The first-order valence-electron chi connectivity index (χ1n) is 14.9. The molecule has 2 aliphatic rings. The predicted molar refractivity (Wildman–Crippen MR) is 164 cm³/mol. The third-order valence-electron chi connectivity index (χ3n) is 7.80. The Morgan fingerprint density at radius 1 is 0.619 bits per heavy atom. The lowest BCUT2D eigenvalue weighted by Gasteiger charge is -2.34. The van der Waals surface area contributed by atoms with Gasteiger partial charge in [-0.05, 0) is 12.8 Å². The molecule has 0 atom stereocenters. The van der Waals surface area contributed by atoms with E-state index in [-0.39, 0.29) is 6.10 Å². The van der Waals surface area contributed by atoms with Gasteiger partial charge in [0.15, 0.2) is 11.6 Å². The van der Waals surface area contributed by atoms with Crippen molar-refractivity contribution in [1.29, 1.82) is 0 Å². The van der Waals surface area contributed by atoms with Crippen molar-refractivity contribution < 1.29 is 23.7 Å². The fourth-order valence-corrected chi connectivity index (χ4v) is 5.30. The molecule has 4 rings (SSSR count). The molecule has 14 heteroatoms. The van der Waals surface area contributed by atoms with Crippen molar-refractivity contribution in [2.24, 2.45) is 0 Å². The minimum atomic E-state index is 0.244. The number of methoxy groups -OCH3 is 5. The predicted octanol–water partition coefficient (Wildman–Crippen LogP) is 0.643. The number of piperidine rings is 1. The summed E-state index contributed by atoms with van der Waals surface area (Å²) in [5, 5.41) is 3.46. The van der Waals surface area contributed by atoms with Gasteiger partial charge in [-0.3, -0.25) is 0 Å². The van der Waals surface area contributed by atoms with E-state index in [0.29, 0.717) is 64.5 Å². The number of nitrogens with zero attached hydrogens (tertiary/aromatic N) is 8. The highest BCUT2D eigenvalue weighted by Crippen LogP contribution is 2.34. The molecule has 0 bridgehead atoms. The summed E-state index contributed by atoms with van der Waals surface area (Å²) in [6.07, 6.45) is 2.09. The largest absolute Gasteiger partial charge is 0.383 e. The van der Waals surface area contributed by atoms with E-state index < -0.39 is 0 Å². The molecule has 0 aliphatic carbocycles. The average molecular weight is 592 g/mol. The van der Waals surface area contributed by atoms with Crippen molar-refractivity contribution in [3.8, 4) is 0 Å². The third-order valence-corrected chi connectivity index (χ3v) is 7.80. The number of nitrogens with one attached hydrogen (secondary N) is 1. The molecule has 2 aromatic rings. The maximum Gasteiger partial charge on any atom is 0.228 e. The fourth-order valence-electron chi connectivity index (χ4n) is 5.30. The van der Waals surface area contributed by atoms with E-state index in [4.69, 9.17) is 43.6 Å². The molecule has 0 spiro atoms. The molecule has 2 saturated heterocycles. The molecule has 2 aliphatic heterocycles. The monoisotopic (exact) mass is 591 g/mol. The van der Waals surface area contributed by atoms with Gasteiger partial charge in [-0.25, -0.2) is 9.97 Å². The maximum atomic E-state index is 5.67. The Balaban J connectivity index is 1.90. The van der Waals surface area contributed by atoms with Crippen LogP contribution in [0.4, 0.5) is 23.5 Å². The van der Waals surface area contributed by atoms with Crippen LogP contribution < -0.4 is 24.9 Å². The second kappa shape index (κ2) is 16.9. The Morgan fingerprint density at radius 2 is 1.02 bits per heavy atom. The van der Waals surface area contributed by atoms with Gasteiger partial charge in [-0.1, -0.05) is 0 Å². The lowest BCUT2D eigenvalue weighted by molar-refractivity contribution is 0.0818. The van der Waals surface area contributed by atoms with Crippen LogP contribution in [0.3, 0.4) is 0 Å². The van der Waals surface area contributed by atoms with Crippen molar-refractivity contribution in [2.45, 2.75) is 18.9 Å². The Labute approximate surface area is 249 Å². The van der Waals surface area contributed by atoms with Crippen LogP contribution in [0.1, 0.15) is 12.8 Å². The van der Waals surface area contributed by atoms with Crippen LogP contribution in [-0.2, 0) is 23.7 Å². The molecule has 2 aromatic heterocycles. The highest BCUT2D eigenvalue weighted by atomic mass is 16.5. The Kier molecular flexibility index (Phi) is 13.0. The number of fused-ring (bicyclic) bond motifs is 1. The van der Waals surface area contributed by atoms with Crippen molar-refractivity contribution in [2.75, 3.05) is 147 Å². The van der Waals surface area contributed by atoms with Gasteiger partial charge >= 0.3 is 0 Å². The molecule has 0 saturated carbocycles. The summed E-state index contributed by atoms with van der Waals surface area (Å²) < 4.78 is 27.4.